The molecular weight excluding hydrogens is 236 g/mol. The van der Waals surface area contributed by atoms with Crippen LogP contribution >= 0.6 is 0 Å². The average Bonchev–Trinajstić information content (AvgIpc) is 2.34. The number of carbonyl (C=O) groups excluding carboxylic acids is 1. The minimum atomic E-state index is -0.930. The highest BCUT2D eigenvalue weighted by atomic mass is 16.5. The highest BCUT2D eigenvalue weighted by Crippen LogP contribution is 2.19. The van der Waals surface area contributed by atoms with Gasteiger partial charge in [0.2, 0.25) is 0 Å². The number of hydrogen-bond donors (Lipinski definition) is 2. The monoisotopic (exact) mass is 260 g/mol. The number of carboxylic acids is 1. The van der Waals surface area contributed by atoms with Gasteiger partial charge in [0.1, 0.15) is 0 Å². The molecule has 0 fully saturated rings. The molecular formula is C12H24N2O4. The molecule has 0 aromatic rings. The highest BCUT2D eigenvalue weighted by Gasteiger charge is 2.32. The van der Waals surface area contributed by atoms with Gasteiger partial charge in [0.25, 0.3) is 0 Å². The van der Waals surface area contributed by atoms with Crippen molar-refractivity contribution in [2.75, 3.05) is 27.3 Å². The Morgan fingerprint density at radius 3 is 2.44 bits per heavy atom. The van der Waals surface area contributed by atoms with E-state index in [9.17, 15) is 9.59 Å². The van der Waals surface area contributed by atoms with Gasteiger partial charge in [-0.05, 0) is 20.3 Å². The van der Waals surface area contributed by atoms with E-state index in [4.69, 9.17) is 9.84 Å². The van der Waals surface area contributed by atoms with Crippen molar-refractivity contribution in [3.05, 3.63) is 0 Å². The molecule has 0 spiro atoms. The summed E-state index contributed by atoms with van der Waals surface area (Å²) in [5, 5.41) is 11.7. The molecule has 2 N–H and O–H groups in total. The number of ether oxygens (including phenoxy) is 1. The number of amides is 2. The van der Waals surface area contributed by atoms with E-state index in [1.165, 1.54) is 4.90 Å². The Bertz CT molecular complexity index is 296. The summed E-state index contributed by atoms with van der Waals surface area (Å²) in [6.07, 6.45) is 0.458. The molecule has 6 nitrogen and oxygen atoms in total. The topological polar surface area (TPSA) is 78.9 Å². The maximum absolute atomic E-state index is 11.8. The van der Waals surface area contributed by atoms with Gasteiger partial charge < -0.3 is 20.1 Å². The predicted octanol–water partition coefficient (Wildman–Crippen LogP) is 1.16. The van der Waals surface area contributed by atoms with Gasteiger partial charge >= 0.3 is 12.0 Å². The van der Waals surface area contributed by atoms with Crippen LogP contribution < -0.4 is 5.32 Å². The first-order valence-electron chi connectivity index (χ1n) is 6.01. The number of nitrogens with one attached hydrogen (secondary N) is 1. The Labute approximate surface area is 108 Å². The van der Waals surface area contributed by atoms with E-state index in [0.29, 0.717) is 13.0 Å². The summed E-state index contributed by atoms with van der Waals surface area (Å²) in [5.74, 6) is -0.905. The first-order chi connectivity index (χ1) is 8.28. The molecule has 6 heteroatoms. The molecule has 2 atom stereocenters. The maximum atomic E-state index is 11.8. The second-order valence-electron chi connectivity index (χ2n) is 4.79. The average molecular weight is 260 g/mol. The summed E-state index contributed by atoms with van der Waals surface area (Å²) in [5.41, 5.74) is -0.930. The Morgan fingerprint density at radius 1 is 1.50 bits per heavy atom. The predicted molar refractivity (Wildman–Crippen MR) is 68.5 cm³/mol. The molecule has 0 aliphatic heterocycles. The second kappa shape index (κ2) is 7.20. The lowest BCUT2D eigenvalue weighted by Gasteiger charge is -2.28. The Hall–Kier alpha value is -1.30. The third-order valence-corrected chi connectivity index (χ3v) is 3.32. The fourth-order valence-corrected chi connectivity index (χ4v) is 1.30. The van der Waals surface area contributed by atoms with Crippen LogP contribution in [0.5, 0.6) is 0 Å². The molecule has 0 bridgehead atoms. The van der Waals surface area contributed by atoms with E-state index in [1.54, 1.807) is 28.0 Å². The lowest BCUT2D eigenvalue weighted by molar-refractivity contribution is -0.147. The van der Waals surface area contributed by atoms with Crippen LogP contribution in [-0.2, 0) is 9.53 Å². The van der Waals surface area contributed by atoms with Gasteiger partial charge in [-0.25, -0.2) is 4.79 Å². The lowest BCUT2D eigenvalue weighted by atomic mass is 9.88. The van der Waals surface area contributed by atoms with Crippen LogP contribution in [0.25, 0.3) is 0 Å². The number of hydrogen-bond acceptors (Lipinski definition) is 3. The Kier molecular flexibility index (Phi) is 6.68. The number of urea groups is 1. The van der Waals surface area contributed by atoms with Crippen LogP contribution in [0.2, 0.25) is 0 Å². The molecule has 0 rings (SSSR count). The molecule has 0 aliphatic carbocycles. The molecule has 0 heterocycles. The zero-order valence-electron chi connectivity index (χ0n) is 11.8. The fourth-order valence-electron chi connectivity index (χ4n) is 1.30. The third-order valence-electron chi connectivity index (χ3n) is 3.32. The molecule has 0 radical (unpaired) electrons. The molecule has 0 saturated heterocycles. The number of aliphatic carboxylic acids is 1. The number of carboxylic acid groups (broad SMARTS) is 1. The van der Waals surface area contributed by atoms with Crippen molar-refractivity contribution in [1.29, 1.82) is 0 Å². The summed E-state index contributed by atoms with van der Waals surface area (Å²) in [7, 11) is 3.23. The van der Waals surface area contributed by atoms with Gasteiger partial charge in [0.05, 0.1) is 18.1 Å². The van der Waals surface area contributed by atoms with Gasteiger partial charge in [-0.2, -0.15) is 0 Å². The van der Waals surface area contributed by atoms with Crippen molar-refractivity contribution < 1.29 is 19.4 Å². The van der Waals surface area contributed by atoms with Crippen LogP contribution in [0, 0.1) is 5.41 Å². The molecule has 2 amide bonds. The molecule has 0 aromatic heterocycles. The number of methoxy groups -OCH3 is 1. The summed E-state index contributed by atoms with van der Waals surface area (Å²) in [4.78, 5) is 24.4. The normalized spacial score (nSPS) is 15.6. The number of rotatable bonds is 7. The van der Waals surface area contributed by atoms with E-state index < -0.39 is 11.4 Å². The van der Waals surface area contributed by atoms with Gasteiger partial charge in [-0.1, -0.05) is 6.92 Å². The number of likely N-dealkylation sites (N-methyl/N-ethyl adjacent to an activating group) is 1. The largest absolute Gasteiger partial charge is 0.481 e. The van der Waals surface area contributed by atoms with Crippen molar-refractivity contribution >= 4 is 12.0 Å². The van der Waals surface area contributed by atoms with E-state index in [1.807, 2.05) is 6.92 Å². The van der Waals surface area contributed by atoms with E-state index in [2.05, 4.69) is 5.32 Å². The molecule has 2 unspecified atom stereocenters. The zero-order valence-corrected chi connectivity index (χ0v) is 11.8. The SMILES string of the molecule is CCC(C)(CNC(=O)N(C)C(C)COC)C(=O)O. The second-order valence-corrected chi connectivity index (χ2v) is 4.79. The van der Waals surface area contributed by atoms with E-state index in [0.717, 1.165) is 0 Å². The summed E-state index contributed by atoms with van der Waals surface area (Å²) < 4.78 is 4.96. The fraction of sp³-hybridized carbons (Fsp3) is 0.833. The third kappa shape index (κ3) is 4.52. The van der Waals surface area contributed by atoms with Crippen LogP contribution in [-0.4, -0.2) is 55.4 Å². The van der Waals surface area contributed by atoms with Crippen LogP contribution in [0.1, 0.15) is 27.2 Å². The first-order valence-corrected chi connectivity index (χ1v) is 6.01. The molecule has 0 aliphatic rings. The van der Waals surface area contributed by atoms with Gasteiger partial charge in [-0.15, -0.1) is 0 Å². The summed E-state index contributed by atoms with van der Waals surface area (Å²) >= 11 is 0. The number of carbonyl (C=O) groups is 2. The molecule has 0 aromatic carbocycles. The van der Waals surface area contributed by atoms with Gasteiger partial charge in [-0.3, -0.25) is 4.79 Å². The Balaban J connectivity index is 4.37. The first kappa shape index (κ1) is 16.7. The Morgan fingerprint density at radius 2 is 2.06 bits per heavy atom. The van der Waals surface area contributed by atoms with Crippen molar-refractivity contribution in [3.63, 3.8) is 0 Å². The van der Waals surface area contributed by atoms with Crippen LogP contribution in [0.3, 0.4) is 0 Å². The maximum Gasteiger partial charge on any atom is 0.317 e. The van der Waals surface area contributed by atoms with Crippen molar-refractivity contribution in [2.24, 2.45) is 5.41 Å². The van der Waals surface area contributed by atoms with Gasteiger partial charge in [0.15, 0.2) is 0 Å². The summed E-state index contributed by atoms with van der Waals surface area (Å²) in [6.45, 7) is 5.82. The smallest absolute Gasteiger partial charge is 0.317 e. The van der Waals surface area contributed by atoms with E-state index in [-0.39, 0.29) is 18.6 Å². The van der Waals surface area contributed by atoms with E-state index >= 15 is 0 Å². The molecule has 0 saturated carbocycles. The highest BCUT2D eigenvalue weighted by molar-refractivity contribution is 5.77. The zero-order chi connectivity index (χ0) is 14.3. The van der Waals surface area contributed by atoms with Gasteiger partial charge in [0, 0.05) is 20.7 Å². The minimum absolute atomic E-state index is 0.0623. The van der Waals surface area contributed by atoms with Crippen molar-refractivity contribution in [3.8, 4) is 0 Å². The lowest BCUT2D eigenvalue weighted by Crippen LogP contribution is -2.48. The van der Waals surface area contributed by atoms with Crippen molar-refractivity contribution in [1.82, 2.24) is 10.2 Å². The summed E-state index contributed by atoms with van der Waals surface area (Å²) in [6, 6.07) is -0.354. The molecule has 106 valence electrons. The van der Waals surface area contributed by atoms with Crippen molar-refractivity contribution in [2.45, 2.75) is 33.2 Å². The minimum Gasteiger partial charge on any atom is -0.481 e. The number of nitrogens with zero attached hydrogens (tertiary/aromatic N) is 1. The van der Waals surface area contributed by atoms with Crippen LogP contribution in [0.4, 0.5) is 4.79 Å². The quantitative estimate of drug-likeness (QED) is 0.720. The standard InChI is InChI=1S/C12H24N2O4/c1-6-12(3,10(15)16)8-13-11(17)14(4)9(2)7-18-5/h9H,6-8H2,1-5H3,(H,13,17)(H,15,16). The molecule has 18 heavy (non-hydrogen) atoms. The van der Waals surface area contributed by atoms with Crippen LogP contribution in [0.15, 0.2) is 0 Å².